The maximum atomic E-state index is 13.5. The molecule has 4 atom stereocenters. The van der Waals surface area contributed by atoms with Crippen molar-refractivity contribution in [2.75, 3.05) is 14.2 Å². The van der Waals surface area contributed by atoms with Crippen LogP contribution in [0.1, 0.15) is 17.2 Å². The van der Waals surface area contributed by atoms with E-state index < -0.39 is 35.2 Å². The Kier molecular flexibility index (Phi) is 4.70. The van der Waals surface area contributed by atoms with Crippen LogP contribution in [0.2, 0.25) is 0 Å². The number of likely N-dealkylation sites (tertiary alicyclic amines) is 1. The maximum Gasteiger partial charge on any atom is 0.369 e. The van der Waals surface area contributed by atoms with Crippen molar-refractivity contribution in [1.82, 2.24) is 4.90 Å². The van der Waals surface area contributed by atoms with Crippen LogP contribution in [0.5, 0.6) is 0 Å². The number of benzene rings is 2. The van der Waals surface area contributed by atoms with E-state index in [-0.39, 0.29) is 18.2 Å². The van der Waals surface area contributed by atoms with E-state index in [1.807, 2.05) is 30.3 Å². The van der Waals surface area contributed by atoms with Gasteiger partial charge in [0.25, 0.3) is 0 Å². The van der Waals surface area contributed by atoms with Gasteiger partial charge in [0.1, 0.15) is 23.7 Å². The largest absolute Gasteiger partial charge is 0.464 e. The average molecular weight is 397 g/mol. The number of hydrogen-bond donors (Lipinski definition) is 1. The van der Waals surface area contributed by atoms with Gasteiger partial charge in [0.15, 0.2) is 0 Å². The smallest absolute Gasteiger partial charge is 0.369 e. The summed E-state index contributed by atoms with van der Waals surface area (Å²) in [4.78, 5) is 40.2. The van der Waals surface area contributed by atoms with Crippen molar-refractivity contribution < 1.29 is 28.8 Å². The minimum absolute atomic E-state index is 0.242. The van der Waals surface area contributed by atoms with Crippen LogP contribution in [0.15, 0.2) is 54.6 Å². The Morgan fingerprint density at radius 3 is 2.38 bits per heavy atom. The summed E-state index contributed by atoms with van der Waals surface area (Å²) in [5.41, 5.74) is 0.274. The van der Waals surface area contributed by atoms with Gasteiger partial charge in [-0.25, -0.2) is 9.18 Å². The SMILES string of the molecule is COC(=O)[C@]1(Cc2ccccc2)[NH2+][C@@H](c2ccc(F)cc2)[C@@H]2C(=O)N(C)C(=O)[C@H]21. The first-order valence-electron chi connectivity index (χ1n) is 9.44. The number of nitrogens with two attached hydrogens (primary N) is 1. The predicted octanol–water partition coefficient (Wildman–Crippen LogP) is 0.829. The number of amides is 2. The Hall–Kier alpha value is -3.06. The molecule has 2 heterocycles. The van der Waals surface area contributed by atoms with Crippen molar-refractivity contribution in [3.63, 3.8) is 0 Å². The second-order valence-corrected chi connectivity index (χ2v) is 7.68. The Bertz CT molecular complexity index is 963. The summed E-state index contributed by atoms with van der Waals surface area (Å²) in [6, 6.07) is 14.7. The fraction of sp³-hybridized carbons (Fsp3) is 0.318. The third-order valence-electron chi connectivity index (χ3n) is 6.15. The van der Waals surface area contributed by atoms with Crippen molar-refractivity contribution in [2.24, 2.45) is 11.8 Å². The highest BCUT2D eigenvalue weighted by Gasteiger charge is 2.71. The van der Waals surface area contributed by atoms with Crippen LogP contribution in [0.3, 0.4) is 0 Å². The topological polar surface area (TPSA) is 80.3 Å². The Balaban J connectivity index is 1.85. The zero-order valence-corrected chi connectivity index (χ0v) is 16.2. The molecule has 0 spiro atoms. The average Bonchev–Trinajstić information content (AvgIpc) is 3.19. The molecular formula is C22H22FN2O4+. The maximum absolute atomic E-state index is 13.5. The number of carbonyl (C=O) groups excluding carboxylic acids is 3. The van der Waals surface area contributed by atoms with E-state index >= 15 is 0 Å². The quantitative estimate of drug-likeness (QED) is 0.612. The highest BCUT2D eigenvalue weighted by molar-refractivity contribution is 6.08. The van der Waals surface area contributed by atoms with Gasteiger partial charge >= 0.3 is 5.97 Å². The van der Waals surface area contributed by atoms with Crippen molar-refractivity contribution in [3.8, 4) is 0 Å². The number of methoxy groups -OCH3 is 1. The highest BCUT2D eigenvalue weighted by atomic mass is 19.1. The van der Waals surface area contributed by atoms with Crippen LogP contribution < -0.4 is 5.32 Å². The number of nitrogens with zero attached hydrogens (tertiary/aromatic N) is 1. The first kappa shape index (κ1) is 19.3. The van der Waals surface area contributed by atoms with Gasteiger partial charge in [-0.15, -0.1) is 0 Å². The molecule has 2 aliphatic heterocycles. The van der Waals surface area contributed by atoms with Crippen LogP contribution in [-0.2, 0) is 25.5 Å². The molecule has 6 nitrogen and oxygen atoms in total. The monoisotopic (exact) mass is 397 g/mol. The lowest BCUT2D eigenvalue weighted by Gasteiger charge is -2.29. The fourth-order valence-electron chi connectivity index (χ4n) is 4.81. The van der Waals surface area contributed by atoms with E-state index in [2.05, 4.69) is 0 Å². The summed E-state index contributed by atoms with van der Waals surface area (Å²) < 4.78 is 18.6. The molecule has 0 radical (unpaired) electrons. The second-order valence-electron chi connectivity index (χ2n) is 7.68. The molecule has 0 unspecified atom stereocenters. The predicted molar refractivity (Wildman–Crippen MR) is 101 cm³/mol. The minimum atomic E-state index is -1.28. The molecule has 0 aromatic heterocycles. The number of esters is 1. The zero-order chi connectivity index (χ0) is 20.8. The molecule has 2 N–H and O–H groups in total. The van der Waals surface area contributed by atoms with Gasteiger partial charge in [-0.1, -0.05) is 42.5 Å². The molecule has 2 aromatic rings. The number of quaternary nitrogens is 1. The molecule has 2 fully saturated rings. The van der Waals surface area contributed by atoms with Crippen LogP contribution in [-0.4, -0.2) is 42.4 Å². The summed E-state index contributed by atoms with van der Waals surface area (Å²) in [7, 11) is 2.73. The van der Waals surface area contributed by atoms with E-state index in [1.165, 1.54) is 26.3 Å². The summed E-state index contributed by atoms with van der Waals surface area (Å²) >= 11 is 0. The van der Waals surface area contributed by atoms with E-state index in [4.69, 9.17) is 4.74 Å². The molecule has 0 aliphatic carbocycles. The van der Waals surface area contributed by atoms with E-state index in [0.29, 0.717) is 5.56 Å². The van der Waals surface area contributed by atoms with Crippen LogP contribution in [0, 0.1) is 17.7 Å². The summed E-state index contributed by atoms with van der Waals surface area (Å²) in [6.45, 7) is 0. The van der Waals surface area contributed by atoms with Crippen molar-refractivity contribution in [2.45, 2.75) is 18.0 Å². The Morgan fingerprint density at radius 1 is 1.10 bits per heavy atom. The molecule has 4 rings (SSSR count). The minimum Gasteiger partial charge on any atom is -0.464 e. The number of halogens is 1. The van der Waals surface area contributed by atoms with Gasteiger partial charge in [-0.2, -0.15) is 0 Å². The second kappa shape index (κ2) is 7.08. The third kappa shape index (κ3) is 2.93. The van der Waals surface area contributed by atoms with Gasteiger partial charge in [0, 0.05) is 19.0 Å². The normalized spacial score (nSPS) is 28.5. The van der Waals surface area contributed by atoms with Gasteiger partial charge in [0.05, 0.1) is 7.11 Å². The molecule has 2 aliphatic rings. The number of imide groups is 1. The van der Waals surface area contributed by atoms with E-state index in [0.717, 1.165) is 10.5 Å². The zero-order valence-electron chi connectivity index (χ0n) is 16.2. The van der Waals surface area contributed by atoms with E-state index in [1.54, 1.807) is 17.4 Å². The number of hydrogen-bond acceptors (Lipinski definition) is 4. The Labute approximate surface area is 167 Å². The lowest BCUT2D eigenvalue weighted by Crippen LogP contribution is -2.98. The third-order valence-corrected chi connectivity index (χ3v) is 6.15. The molecule has 7 heteroatoms. The summed E-state index contributed by atoms with van der Waals surface area (Å²) in [5, 5.41) is 1.78. The standard InChI is InChI=1S/C22H21FN2O4/c1-25-19(26)16-17(20(25)27)22(21(28)29-2,12-13-6-4-3-5-7-13)24-18(16)14-8-10-15(23)11-9-14/h3-11,16-18,24H,12H2,1-2H3/p+1/t16-,17+,18+,22-/m1/s1. The number of fused-ring (bicyclic) bond motifs is 1. The molecule has 2 saturated heterocycles. The lowest BCUT2D eigenvalue weighted by atomic mass is 9.76. The number of ether oxygens (including phenoxy) is 1. The van der Waals surface area contributed by atoms with Crippen molar-refractivity contribution >= 4 is 17.8 Å². The first-order valence-corrected chi connectivity index (χ1v) is 9.44. The number of rotatable bonds is 4. The van der Waals surface area contributed by atoms with Crippen LogP contribution >= 0.6 is 0 Å². The lowest BCUT2D eigenvalue weighted by molar-refractivity contribution is -0.734. The van der Waals surface area contributed by atoms with Gasteiger partial charge < -0.3 is 10.1 Å². The molecule has 0 saturated carbocycles. The molecule has 2 amide bonds. The van der Waals surface area contributed by atoms with Crippen LogP contribution in [0.4, 0.5) is 4.39 Å². The molecule has 2 aromatic carbocycles. The fourth-order valence-corrected chi connectivity index (χ4v) is 4.81. The van der Waals surface area contributed by atoms with Gasteiger partial charge in [0.2, 0.25) is 17.4 Å². The summed E-state index contributed by atoms with van der Waals surface area (Å²) in [6.07, 6.45) is 0.242. The molecular weight excluding hydrogens is 375 g/mol. The first-order chi connectivity index (χ1) is 13.9. The van der Waals surface area contributed by atoms with Gasteiger partial charge in [-0.3, -0.25) is 14.5 Å². The molecule has 0 bridgehead atoms. The van der Waals surface area contributed by atoms with Crippen molar-refractivity contribution in [1.29, 1.82) is 0 Å². The van der Waals surface area contributed by atoms with E-state index in [9.17, 15) is 18.8 Å². The van der Waals surface area contributed by atoms with Crippen molar-refractivity contribution in [3.05, 3.63) is 71.5 Å². The highest BCUT2D eigenvalue weighted by Crippen LogP contribution is 2.45. The van der Waals surface area contributed by atoms with Crippen LogP contribution in [0.25, 0.3) is 0 Å². The summed E-state index contributed by atoms with van der Waals surface area (Å²) in [5.74, 6) is -3.23. The number of carbonyl (C=O) groups is 3. The van der Waals surface area contributed by atoms with Gasteiger partial charge in [-0.05, 0) is 17.7 Å². The Morgan fingerprint density at radius 2 is 1.76 bits per heavy atom. The molecule has 29 heavy (non-hydrogen) atoms. The molecule has 150 valence electrons.